The highest BCUT2D eigenvalue weighted by molar-refractivity contribution is 5.82. The highest BCUT2D eigenvalue weighted by atomic mass is 19.4. The number of nitrogens with zero attached hydrogens (tertiary/aromatic N) is 3. The molecule has 0 radical (unpaired) electrons. The number of esters is 1. The number of hydrogen-bond acceptors (Lipinski definition) is 11. The second-order valence-corrected chi connectivity index (χ2v) is 9.64. The van der Waals surface area contributed by atoms with Gasteiger partial charge in [-0.1, -0.05) is 29.1 Å². The lowest BCUT2D eigenvalue weighted by atomic mass is 10.1. The number of methoxy groups -OCH3 is 1. The van der Waals surface area contributed by atoms with Gasteiger partial charge in [-0.3, -0.25) is 0 Å². The van der Waals surface area contributed by atoms with E-state index in [0.717, 1.165) is 23.9 Å². The summed E-state index contributed by atoms with van der Waals surface area (Å²) in [6.07, 6.45) is -5.25. The van der Waals surface area contributed by atoms with Crippen molar-refractivity contribution < 1.29 is 51.7 Å². The fraction of sp³-hybridized carbons (Fsp3) is 0.276. The van der Waals surface area contributed by atoms with Crippen LogP contribution in [0.25, 0.3) is 11.0 Å². The van der Waals surface area contributed by atoms with Gasteiger partial charge in [0.05, 0.1) is 18.9 Å². The van der Waals surface area contributed by atoms with Crippen LogP contribution < -0.4 is 19.6 Å². The van der Waals surface area contributed by atoms with E-state index in [4.69, 9.17) is 29.2 Å². The van der Waals surface area contributed by atoms with E-state index in [-0.39, 0.29) is 24.1 Å². The monoisotopic (exact) mass is 631 g/mol. The summed E-state index contributed by atoms with van der Waals surface area (Å²) in [5.41, 5.74) is 0.547. The normalized spacial score (nSPS) is 13.3. The Kier molecular flexibility index (Phi) is 10.1. The molecule has 4 aromatic rings. The van der Waals surface area contributed by atoms with Crippen molar-refractivity contribution in [2.24, 2.45) is 0 Å². The standard InChI is InChI=1S/C29H28F3N5O8/c1-28(40,16-33)45-27(39)34-24(26(38)42-15-19-5-8-21(41-2)9-6-19)13-18-3-10-22(11-4-18)43-17-44-37-25-14-20(29(30,31)32)7-12-23(25)35-36-37/h3-12,14,16,24,33,40H,13,15,17H2,1-2H3,(H,34,39)/t24-,28?/m0/s1. The van der Waals surface area contributed by atoms with E-state index in [1.54, 1.807) is 36.4 Å². The number of aliphatic hydroxyl groups is 1. The second-order valence-electron chi connectivity index (χ2n) is 9.64. The van der Waals surface area contributed by atoms with Crippen LogP contribution in [0.15, 0.2) is 66.7 Å². The Hall–Kier alpha value is -5.38. The van der Waals surface area contributed by atoms with Crippen LogP contribution in [0.1, 0.15) is 23.6 Å². The minimum Gasteiger partial charge on any atom is -0.497 e. The number of nitrogens with one attached hydrogen (secondary N) is 2. The largest absolute Gasteiger partial charge is 0.497 e. The number of rotatable bonds is 13. The summed E-state index contributed by atoms with van der Waals surface area (Å²) < 4.78 is 60.0. The van der Waals surface area contributed by atoms with Crippen LogP contribution in [-0.4, -0.2) is 64.3 Å². The minimum atomic E-state index is -4.55. The third-order valence-electron chi connectivity index (χ3n) is 6.19. The number of benzene rings is 3. The molecule has 1 heterocycles. The van der Waals surface area contributed by atoms with Gasteiger partial charge in [0.15, 0.2) is 0 Å². The van der Waals surface area contributed by atoms with E-state index in [2.05, 4.69) is 15.6 Å². The third kappa shape index (κ3) is 9.06. The zero-order valence-electron chi connectivity index (χ0n) is 23.9. The van der Waals surface area contributed by atoms with Crippen LogP contribution in [-0.2, 0) is 33.5 Å². The zero-order valence-corrected chi connectivity index (χ0v) is 23.9. The van der Waals surface area contributed by atoms with E-state index in [1.807, 2.05) is 0 Å². The average Bonchev–Trinajstić information content (AvgIpc) is 3.42. The summed E-state index contributed by atoms with van der Waals surface area (Å²) >= 11 is 0. The fourth-order valence-corrected chi connectivity index (χ4v) is 3.83. The Morgan fingerprint density at radius 3 is 2.36 bits per heavy atom. The van der Waals surface area contributed by atoms with Crippen molar-refractivity contribution in [1.29, 1.82) is 5.41 Å². The summed E-state index contributed by atoms with van der Waals surface area (Å²) in [7, 11) is 1.52. The first-order chi connectivity index (χ1) is 21.4. The molecular weight excluding hydrogens is 603 g/mol. The first-order valence-corrected chi connectivity index (χ1v) is 13.2. The van der Waals surface area contributed by atoms with Crippen LogP contribution in [0, 0.1) is 5.41 Å². The Morgan fingerprint density at radius 2 is 1.71 bits per heavy atom. The molecule has 1 unspecified atom stereocenters. The molecule has 0 aliphatic rings. The van der Waals surface area contributed by atoms with Crippen molar-refractivity contribution in [3.05, 3.63) is 83.4 Å². The Bertz CT molecular complexity index is 1630. The van der Waals surface area contributed by atoms with Crippen molar-refractivity contribution in [2.75, 3.05) is 13.9 Å². The Labute approximate surface area is 253 Å². The van der Waals surface area contributed by atoms with Gasteiger partial charge in [-0.15, -0.1) is 5.10 Å². The van der Waals surface area contributed by atoms with Gasteiger partial charge in [0.2, 0.25) is 5.79 Å². The number of aromatic nitrogens is 3. The third-order valence-corrected chi connectivity index (χ3v) is 6.19. The van der Waals surface area contributed by atoms with Crippen molar-refractivity contribution in [2.45, 2.75) is 38.0 Å². The number of halogens is 3. The van der Waals surface area contributed by atoms with Crippen LogP contribution in [0.3, 0.4) is 0 Å². The number of hydrogen-bond donors (Lipinski definition) is 3. The summed E-state index contributed by atoms with van der Waals surface area (Å²) in [6.45, 7) is 0.554. The summed E-state index contributed by atoms with van der Waals surface area (Å²) in [6, 6.07) is 14.8. The number of amides is 1. The quantitative estimate of drug-likeness (QED) is 0.113. The molecule has 238 valence electrons. The van der Waals surface area contributed by atoms with E-state index in [9.17, 15) is 27.9 Å². The van der Waals surface area contributed by atoms with Gasteiger partial charge >= 0.3 is 18.2 Å². The van der Waals surface area contributed by atoms with Crippen LogP contribution >= 0.6 is 0 Å². The summed E-state index contributed by atoms with van der Waals surface area (Å²) in [5, 5.41) is 26.8. The summed E-state index contributed by atoms with van der Waals surface area (Å²) in [5.74, 6) is -2.05. The van der Waals surface area contributed by atoms with Gasteiger partial charge < -0.3 is 39.6 Å². The molecular formula is C29H28F3N5O8. The Balaban J connectivity index is 1.38. The van der Waals surface area contributed by atoms with Crippen LogP contribution in [0.4, 0.5) is 18.0 Å². The lowest BCUT2D eigenvalue weighted by Gasteiger charge is -2.22. The molecule has 3 aromatic carbocycles. The molecule has 0 spiro atoms. The first kappa shape index (κ1) is 32.5. The zero-order chi connectivity index (χ0) is 32.6. The maximum Gasteiger partial charge on any atom is 0.416 e. The highest BCUT2D eigenvalue weighted by Crippen LogP contribution is 2.30. The fourth-order valence-electron chi connectivity index (χ4n) is 3.83. The Morgan fingerprint density at radius 1 is 1.04 bits per heavy atom. The van der Waals surface area contributed by atoms with Gasteiger partial charge in [0, 0.05) is 13.3 Å². The van der Waals surface area contributed by atoms with E-state index < -0.39 is 42.4 Å². The molecule has 0 saturated heterocycles. The number of alkyl carbamates (subject to hydrolysis) is 1. The smallest absolute Gasteiger partial charge is 0.416 e. The van der Waals surface area contributed by atoms with Gasteiger partial charge in [0.1, 0.15) is 35.2 Å². The van der Waals surface area contributed by atoms with Crippen molar-refractivity contribution >= 4 is 29.3 Å². The van der Waals surface area contributed by atoms with E-state index in [1.165, 1.54) is 25.3 Å². The number of carbonyl (C=O) groups is 2. The van der Waals surface area contributed by atoms with Crippen LogP contribution in [0.2, 0.25) is 0 Å². The maximum absolute atomic E-state index is 13.1. The lowest BCUT2D eigenvalue weighted by molar-refractivity contribution is -0.148. The lowest BCUT2D eigenvalue weighted by Crippen LogP contribution is -2.46. The predicted molar refractivity (Wildman–Crippen MR) is 150 cm³/mol. The molecule has 0 saturated carbocycles. The highest BCUT2D eigenvalue weighted by Gasteiger charge is 2.31. The molecule has 1 amide bonds. The molecule has 4 rings (SSSR count). The number of ether oxygens (including phenoxy) is 4. The second kappa shape index (κ2) is 13.9. The van der Waals surface area contributed by atoms with Gasteiger partial charge in [-0.05, 0) is 58.8 Å². The molecule has 3 N–H and O–H groups in total. The van der Waals surface area contributed by atoms with Gasteiger partial charge in [-0.25, -0.2) is 9.59 Å². The molecule has 1 aromatic heterocycles. The predicted octanol–water partition coefficient (Wildman–Crippen LogP) is 3.66. The maximum atomic E-state index is 13.1. The molecule has 13 nitrogen and oxygen atoms in total. The average molecular weight is 632 g/mol. The molecule has 0 bridgehead atoms. The van der Waals surface area contributed by atoms with Crippen LogP contribution in [0.5, 0.6) is 11.5 Å². The first-order valence-electron chi connectivity index (χ1n) is 13.2. The number of alkyl halides is 3. The van der Waals surface area contributed by atoms with Crippen molar-refractivity contribution in [3.8, 4) is 11.5 Å². The minimum absolute atomic E-state index is 0.00171. The van der Waals surface area contributed by atoms with Gasteiger partial charge in [-0.2, -0.15) is 13.2 Å². The number of fused-ring (bicyclic) bond motifs is 1. The topological polar surface area (TPSA) is 167 Å². The SMILES string of the molecule is COc1ccc(COC(=O)[C@H](Cc2ccc(OCOn3nnc4ccc(C(F)(F)F)cc43)cc2)NC(=O)OC(C)(O)C=N)cc1. The van der Waals surface area contributed by atoms with E-state index >= 15 is 0 Å². The molecule has 0 aliphatic heterocycles. The number of carbonyl (C=O) groups excluding carboxylic acids is 2. The molecule has 45 heavy (non-hydrogen) atoms. The van der Waals surface area contributed by atoms with Crippen molar-refractivity contribution in [3.63, 3.8) is 0 Å². The van der Waals surface area contributed by atoms with Crippen molar-refractivity contribution in [1.82, 2.24) is 20.5 Å². The molecule has 0 aliphatic carbocycles. The summed E-state index contributed by atoms with van der Waals surface area (Å²) in [4.78, 5) is 31.5. The van der Waals surface area contributed by atoms with Gasteiger partial charge in [0.25, 0.3) is 6.79 Å². The molecule has 0 fully saturated rings. The van der Waals surface area contributed by atoms with E-state index in [0.29, 0.717) is 28.8 Å². The molecule has 16 heteroatoms. The molecule has 2 atom stereocenters.